The number of hydrogen-bond acceptors (Lipinski definition) is 2. The van der Waals surface area contributed by atoms with Gasteiger partial charge in [-0.3, -0.25) is 9.59 Å². The highest BCUT2D eigenvalue weighted by molar-refractivity contribution is 6.05. The lowest BCUT2D eigenvalue weighted by atomic mass is 9.89. The molecule has 2 amide bonds. The number of benzene rings is 2. The van der Waals surface area contributed by atoms with Crippen LogP contribution in [0.5, 0.6) is 0 Å². The molecule has 22 heavy (non-hydrogen) atoms. The molecule has 2 N–H and O–H groups in total. The first kappa shape index (κ1) is 14.2. The van der Waals surface area contributed by atoms with E-state index in [9.17, 15) is 18.4 Å². The molecule has 0 radical (unpaired) electrons. The molecule has 2 aromatic rings. The largest absolute Gasteiger partial charge is 0.326 e. The Morgan fingerprint density at radius 2 is 1.77 bits per heavy atom. The first-order chi connectivity index (χ1) is 10.5. The lowest BCUT2D eigenvalue weighted by molar-refractivity contribution is -0.123. The molecule has 3 rings (SSSR count). The first-order valence-electron chi connectivity index (χ1n) is 6.68. The minimum absolute atomic E-state index is 0.0222. The molecule has 2 aromatic carbocycles. The van der Waals surface area contributed by atoms with Gasteiger partial charge in [0.25, 0.3) is 0 Å². The van der Waals surface area contributed by atoms with Crippen molar-refractivity contribution in [3.63, 3.8) is 0 Å². The Morgan fingerprint density at radius 3 is 2.50 bits per heavy atom. The molecule has 0 aliphatic carbocycles. The Balaban J connectivity index is 1.86. The van der Waals surface area contributed by atoms with Crippen LogP contribution in [0, 0.1) is 11.6 Å². The van der Waals surface area contributed by atoms with Crippen LogP contribution in [0.2, 0.25) is 0 Å². The molecule has 1 heterocycles. The minimum atomic E-state index is -0.714. The molecule has 0 spiro atoms. The van der Waals surface area contributed by atoms with Gasteiger partial charge in [-0.1, -0.05) is 6.07 Å². The van der Waals surface area contributed by atoms with Crippen LogP contribution in [0.1, 0.15) is 17.9 Å². The Kier molecular flexibility index (Phi) is 3.58. The van der Waals surface area contributed by atoms with Crippen molar-refractivity contribution in [2.24, 2.45) is 0 Å². The number of anilines is 2. The predicted molar refractivity (Wildman–Crippen MR) is 77.4 cm³/mol. The van der Waals surface area contributed by atoms with Gasteiger partial charge in [0.05, 0.1) is 5.92 Å². The molecule has 1 atom stereocenters. The van der Waals surface area contributed by atoms with Gasteiger partial charge in [-0.2, -0.15) is 0 Å². The summed E-state index contributed by atoms with van der Waals surface area (Å²) in [6.07, 6.45) is -0.0222. The number of fused-ring (bicyclic) bond motifs is 1. The molecule has 0 saturated carbocycles. The van der Waals surface area contributed by atoms with Crippen molar-refractivity contribution < 1.29 is 18.4 Å². The Morgan fingerprint density at radius 1 is 1.09 bits per heavy atom. The molecule has 1 aliphatic heterocycles. The molecular weight excluding hydrogens is 290 g/mol. The van der Waals surface area contributed by atoms with Gasteiger partial charge >= 0.3 is 0 Å². The molecule has 0 bridgehead atoms. The summed E-state index contributed by atoms with van der Waals surface area (Å²) in [6.45, 7) is 0. The van der Waals surface area contributed by atoms with Crippen molar-refractivity contribution in [2.45, 2.75) is 12.3 Å². The van der Waals surface area contributed by atoms with E-state index in [0.29, 0.717) is 16.9 Å². The van der Waals surface area contributed by atoms with Gasteiger partial charge in [0, 0.05) is 17.8 Å². The number of carbonyl (C=O) groups excluding carboxylic acids is 2. The smallest absolute Gasteiger partial charge is 0.232 e. The van der Waals surface area contributed by atoms with Crippen LogP contribution < -0.4 is 10.6 Å². The molecule has 0 saturated heterocycles. The monoisotopic (exact) mass is 302 g/mol. The van der Waals surface area contributed by atoms with Crippen LogP contribution in [-0.4, -0.2) is 11.8 Å². The summed E-state index contributed by atoms with van der Waals surface area (Å²) >= 11 is 0. The SMILES string of the molecule is O=C1C[C@@H](C(=O)Nc2ccc(F)cc2)c2ccc(F)cc2N1. The third-order valence-electron chi connectivity index (χ3n) is 3.48. The van der Waals surface area contributed by atoms with E-state index in [4.69, 9.17) is 0 Å². The van der Waals surface area contributed by atoms with Crippen molar-refractivity contribution in [1.29, 1.82) is 0 Å². The van der Waals surface area contributed by atoms with E-state index in [-0.39, 0.29) is 12.3 Å². The fourth-order valence-electron chi connectivity index (χ4n) is 2.43. The third-order valence-corrected chi connectivity index (χ3v) is 3.48. The van der Waals surface area contributed by atoms with Gasteiger partial charge < -0.3 is 10.6 Å². The summed E-state index contributed by atoms with van der Waals surface area (Å²) < 4.78 is 26.1. The highest BCUT2D eigenvalue weighted by atomic mass is 19.1. The van der Waals surface area contributed by atoms with Gasteiger partial charge in [0.2, 0.25) is 11.8 Å². The van der Waals surface area contributed by atoms with Gasteiger partial charge in [0.15, 0.2) is 0 Å². The van der Waals surface area contributed by atoms with E-state index in [1.807, 2.05) is 0 Å². The molecule has 6 heteroatoms. The average molecular weight is 302 g/mol. The minimum Gasteiger partial charge on any atom is -0.326 e. The van der Waals surface area contributed by atoms with E-state index < -0.39 is 23.5 Å². The van der Waals surface area contributed by atoms with Crippen molar-refractivity contribution in [3.05, 3.63) is 59.7 Å². The van der Waals surface area contributed by atoms with Crippen LogP contribution in [0.4, 0.5) is 20.2 Å². The lowest BCUT2D eigenvalue weighted by Gasteiger charge is -2.24. The Bertz CT molecular complexity index is 744. The summed E-state index contributed by atoms with van der Waals surface area (Å²) in [5.41, 5.74) is 1.29. The van der Waals surface area contributed by atoms with Crippen molar-refractivity contribution >= 4 is 23.2 Å². The summed E-state index contributed by atoms with van der Waals surface area (Å²) in [4.78, 5) is 24.1. The second-order valence-corrected chi connectivity index (χ2v) is 5.03. The van der Waals surface area contributed by atoms with Crippen LogP contribution in [-0.2, 0) is 9.59 Å². The second kappa shape index (κ2) is 5.55. The molecular formula is C16H12F2N2O2. The summed E-state index contributed by atoms with van der Waals surface area (Å²) in [7, 11) is 0. The maximum absolute atomic E-state index is 13.2. The summed E-state index contributed by atoms with van der Waals surface area (Å²) in [5.74, 6) is -2.35. The second-order valence-electron chi connectivity index (χ2n) is 5.03. The molecule has 1 aliphatic rings. The highest BCUT2D eigenvalue weighted by Crippen LogP contribution is 2.33. The number of carbonyl (C=O) groups is 2. The normalized spacial score (nSPS) is 16.6. The fourth-order valence-corrected chi connectivity index (χ4v) is 2.43. The molecule has 0 unspecified atom stereocenters. The maximum Gasteiger partial charge on any atom is 0.232 e. The van der Waals surface area contributed by atoms with Gasteiger partial charge in [-0.25, -0.2) is 8.78 Å². The number of rotatable bonds is 2. The molecule has 0 fully saturated rings. The number of amides is 2. The van der Waals surface area contributed by atoms with Crippen LogP contribution in [0.3, 0.4) is 0 Å². The summed E-state index contributed by atoms with van der Waals surface area (Å²) in [6, 6.07) is 9.24. The standard InChI is InChI=1S/C16H12F2N2O2/c17-9-1-4-11(5-2-9)19-16(22)13-8-15(21)20-14-7-10(18)3-6-12(13)14/h1-7,13H,8H2,(H,19,22)(H,20,21)/t13-/m1/s1. The molecule has 4 nitrogen and oxygen atoms in total. The van der Waals surface area contributed by atoms with Crippen molar-refractivity contribution in [3.8, 4) is 0 Å². The number of nitrogens with one attached hydrogen (secondary N) is 2. The van der Waals surface area contributed by atoms with Crippen LogP contribution in [0.15, 0.2) is 42.5 Å². The van der Waals surface area contributed by atoms with E-state index in [1.54, 1.807) is 0 Å². The summed E-state index contributed by atoms with van der Waals surface area (Å²) in [5, 5.41) is 5.18. The van der Waals surface area contributed by atoms with E-state index in [1.165, 1.54) is 42.5 Å². The molecule has 0 aromatic heterocycles. The zero-order valence-electron chi connectivity index (χ0n) is 11.4. The maximum atomic E-state index is 13.2. The third kappa shape index (κ3) is 2.81. The quantitative estimate of drug-likeness (QED) is 0.896. The Labute approximate surface area is 125 Å². The van der Waals surface area contributed by atoms with Crippen LogP contribution >= 0.6 is 0 Å². The van der Waals surface area contributed by atoms with Gasteiger partial charge in [0.1, 0.15) is 11.6 Å². The topological polar surface area (TPSA) is 58.2 Å². The lowest BCUT2D eigenvalue weighted by Crippen LogP contribution is -2.30. The fraction of sp³-hybridized carbons (Fsp3) is 0.125. The highest BCUT2D eigenvalue weighted by Gasteiger charge is 2.30. The average Bonchev–Trinajstić information content (AvgIpc) is 2.48. The number of halogens is 2. The van der Waals surface area contributed by atoms with Gasteiger partial charge in [-0.15, -0.1) is 0 Å². The van der Waals surface area contributed by atoms with E-state index >= 15 is 0 Å². The zero-order valence-corrected chi connectivity index (χ0v) is 11.4. The van der Waals surface area contributed by atoms with Crippen molar-refractivity contribution in [2.75, 3.05) is 10.6 Å². The predicted octanol–water partition coefficient (Wildman–Crippen LogP) is 3.03. The number of hydrogen-bond donors (Lipinski definition) is 2. The van der Waals surface area contributed by atoms with Crippen molar-refractivity contribution in [1.82, 2.24) is 0 Å². The van der Waals surface area contributed by atoms with Gasteiger partial charge in [-0.05, 0) is 42.0 Å². The Hall–Kier alpha value is -2.76. The van der Waals surface area contributed by atoms with E-state index in [0.717, 1.165) is 0 Å². The van der Waals surface area contributed by atoms with Crippen LogP contribution in [0.25, 0.3) is 0 Å². The zero-order chi connectivity index (χ0) is 15.7. The first-order valence-corrected chi connectivity index (χ1v) is 6.68. The molecule has 112 valence electrons. The van der Waals surface area contributed by atoms with E-state index in [2.05, 4.69) is 10.6 Å².